The van der Waals surface area contributed by atoms with Crippen LogP contribution in [0.1, 0.15) is 26.3 Å². The maximum Gasteiger partial charge on any atom is 0.256 e. The molecule has 5 nitrogen and oxygen atoms in total. The predicted octanol–water partition coefficient (Wildman–Crippen LogP) is 4.89. The summed E-state index contributed by atoms with van der Waals surface area (Å²) in [5.41, 5.74) is 1.65. The summed E-state index contributed by atoms with van der Waals surface area (Å²) >= 11 is 2.95. The van der Waals surface area contributed by atoms with Crippen LogP contribution in [0, 0.1) is 18.0 Å². The fraction of sp³-hybridized carbons (Fsp3) is 0. The highest BCUT2D eigenvalue weighted by Crippen LogP contribution is 2.25. The maximum absolute atomic E-state index is 14.0. The fourth-order valence-electron chi connectivity index (χ4n) is 2.87. The number of benzene rings is 3. The maximum atomic E-state index is 14.0. The van der Waals surface area contributed by atoms with Gasteiger partial charge < -0.3 is 10.3 Å². The number of hydrogen-bond acceptors (Lipinski definition) is 3. The van der Waals surface area contributed by atoms with Crippen molar-refractivity contribution in [2.75, 3.05) is 5.32 Å². The van der Waals surface area contributed by atoms with Crippen molar-refractivity contribution < 1.29 is 18.4 Å². The third-order valence-corrected chi connectivity index (χ3v) is 4.91. The lowest BCUT2D eigenvalue weighted by Crippen LogP contribution is -2.17. The molecule has 0 atom stereocenters. The van der Waals surface area contributed by atoms with E-state index in [9.17, 15) is 18.4 Å². The van der Waals surface area contributed by atoms with Crippen LogP contribution in [0.25, 0.3) is 11.0 Å². The van der Waals surface area contributed by atoms with Crippen LogP contribution in [0.4, 0.5) is 14.5 Å². The summed E-state index contributed by atoms with van der Waals surface area (Å²) in [5, 5.41) is 2.38. The van der Waals surface area contributed by atoms with E-state index in [2.05, 4.69) is 37.5 Å². The van der Waals surface area contributed by atoms with Gasteiger partial charge in [0, 0.05) is 17.2 Å². The van der Waals surface area contributed by atoms with Crippen LogP contribution in [0.2, 0.25) is 0 Å². The number of fused-ring (bicyclic) bond motifs is 1. The van der Waals surface area contributed by atoms with E-state index in [0.717, 1.165) is 6.07 Å². The first-order valence-electron chi connectivity index (χ1n) is 8.39. The Bertz CT molecular complexity index is 1270. The van der Waals surface area contributed by atoms with Crippen molar-refractivity contribution in [2.45, 2.75) is 0 Å². The molecule has 0 saturated heterocycles. The smallest absolute Gasteiger partial charge is 0.256 e. The third-order valence-electron chi connectivity index (χ3n) is 4.30. The van der Waals surface area contributed by atoms with Gasteiger partial charge in [0.1, 0.15) is 11.6 Å². The van der Waals surface area contributed by atoms with E-state index in [4.69, 9.17) is 0 Å². The van der Waals surface area contributed by atoms with Crippen LogP contribution >= 0.6 is 15.9 Å². The van der Waals surface area contributed by atoms with E-state index in [1.807, 2.05) is 0 Å². The highest BCUT2D eigenvalue weighted by molar-refractivity contribution is 9.10. The van der Waals surface area contributed by atoms with E-state index in [1.165, 1.54) is 12.1 Å². The molecule has 2 N–H and O–H groups in total. The largest absolute Gasteiger partial charge is 0.335 e. The number of H-pyrrole nitrogens is 1. The molecule has 4 rings (SSSR count). The van der Waals surface area contributed by atoms with Crippen molar-refractivity contribution in [2.24, 2.45) is 0 Å². The van der Waals surface area contributed by atoms with Crippen LogP contribution in [0.15, 0.2) is 59.1 Å². The molecule has 0 unspecified atom stereocenters. The van der Waals surface area contributed by atoms with Gasteiger partial charge in [-0.3, -0.25) is 9.59 Å². The molecule has 1 amide bonds. The standard InChI is InChI=1S/C21H11BrF2N3O2/c22-14-8-18(16(24)9-15(14)23)27-21(29)13-4-2-1-3-12(13)20(28)11-5-6-17-19(7-11)26-10-25-17/h1-9H,(H,25,26)(H,27,29). The van der Waals surface area contributed by atoms with Gasteiger partial charge in [-0.2, -0.15) is 0 Å². The van der Waals surface area contributed by atoms with E-state index >= 15 is 0 Å². The Balaban J connectivity index is 1.68. The second kappa shape index (κ2) is 7.56. The minimum Gasteiger partial charge on any atom is -0.335 e. The number of ketones is 1. The number of aromatic nitrogens is 2. The molecule has 4 aromatic rings. The average Bonchev–Trinajstić information content (AvgIpc) is 3.19. The minimum absolute atomic E-state index is 0.00299. The number of carbonyl (C=O) groups excluding carboxylic acids is 2. The number of rotatable bonds is 4. The fourth-order valence-corrected chi connectivity index (χ4v) is 3.21. The van der Waals surface area contributed by atoms with Crippen molar-refractivity contribution in [1.82, 2.24) is 9.97 Å². The summed E-state index contributed by atoms with van der Waals surface area (Å²) in [6.07, 6.45) is 2.60. The lowest BCUT2D eigenvalue weighted by Gasteiger charge is -2.11. The summed E-state index contributed by atoms with van der Waals surface area (Å²) < 4.78 is 27.4. The van der Waals surface area contributed by atoms with Gasteiger partial charge >= 0.3 is 0 Å². The topological polar surface area (TPSA) is 74.8 Å². The van der Waals surface area contributed by atoms with E-state index in [0.29, 0.717) is 22.7 Å². The molecule has 0 spiro atoms. The van der Waals surface area contributed by atoms with E-state index < -0.39 is 17.5 Å². The molecule has 8 heteroatoms. The molecule has 29 heavy (non-hydrogen) atoms. The second-order valence-electron chi connectivity index (χ2n) is 6.16. The zero-order valence-corrected chi connectivity index (χ0v) is 16.2. The Labute approximate surface area is 171 Å². The summed E-state index contributed by atoms with van der Waals surface area (Å²) in [7, 11) is 0. The molecule has 143 valence electrons. The van der Waals surface area contributed by atoms with Crippen LogP contribution in [0.5, 0.6) is 0 Å². The first kappa shape index (κ1) is 18.9. The molecule has 0 aliphatic heterocycles. The lowest BCUT2D eigenvalue weighted by molar-refractivity contribution is 0.0996. The Hall–Kier alpha value is -3.39. The van der Waals surface area contributed by atoms with Crippen molar-refractivity contribution in [1.29, 1.82) is 0 Å². The zero-order valence-electron chi connectivity index (χ0n) is 14.6. The number of aromatic amines is 1. The Kier molecular flexibility index (Phi) is 4.94. The van der Waals surface area contributed by atoms with E-state index in [-0.39, 0.29) is 27.1 Å². The Morgan fingerprint density at radius 3 is 2.55 bits per heavy atom. The van der Waals surface area contributed by atoms with Gasteiger partial charge in [-0.25, -0.2) is 13.8 Å². The van der Waals surface area contributed by atoms with Crippen molar-refractivity contribution >= 4 is 44.3 Å². The Morgan fingerprint density at radius 1 is 1.00 bits per heavy atom. The number of anilines is 1. The predicted molar refractivity (Wildman–Crippen MR) is 107 cm³/mol. The van der Waals surface area contributed by atoms with Gasteiger partial charge in [0.2, 0.25) is 0 Å². The molecular formula is C21H11BrF2N3O2. The number of imidazole rings is 1. The zero-order chi connectivity index (χ0) is 20.5. The molecular weight excluding hydrogens is 444 g/mol. The van der Waals surface area contributed by atoms with Gasteiger partial charge in [0.15, 0.2) is 12.1 Å². The molecule has 1 heterocycles. The van der Waals surface area contributed by atoms with Gasteiger partial charge in [0.05, 0.1) is 26.8 Å². The van der Waals surface area contributed by atoms with Crippen molar-refractivity contribution in [3.05, 3.63) is 93.7 Å². The molecule has 3 aromatic carbocycles. The van der Waals surface area contributed by atoms with Gasteiger partial charge in [0.25, 0.3) is 5.91 Å². The first-order valence-corrected chi connectivity index (χ1v) is 9.19. The van der Waals surface area contributed by atoms with Gasteiger partial charge in [-0.05, 0) is 46.3 Å². The van der Waals surface area contributed by atoms with Crippen LogP contribution in [-0.4, -0.2) is 21.7 Å². The number of nitrogens with zero attached hydrogens (tertiary/aromatic N) is 1. The normalized spacial score (nSPS) is 10.9. The van der Waals surface area contributed by atoms with Gasteiger partial charge in [-0.1, -0.05) is 18.2 Å². The first-order chi connectivity index (χ1) is 13.9. The highest BCUT2D eigenvalue weighted by Gasteiger charge is 2.20. The number of carbonyl (C=O) groups is 2. The molecule has 0 bridgehead atoms. The average molecular weight is 455 g/mol. The van der Waals surface area contributed by atoms with E-state index in [1.54, 1.807) is 30.3 Å². The Morgan fingerprint density at radius 2 is 1.76 bits per heavy atom. The van der Waals surface area contributed by atoms with Crippen molar-refractivity contribution in [3.63, 3.8) is 0 Å². The SMILES string of the molecule is O=C(Nc1cc(Br)c(F)cc1F)c1ccccc1C(=O)c1ccc2n[c][nH]c2c1. The number of amides is 1. The third kappa shape index (κ3) is 3.66. The second-order valence-corrected chi connectivity index (χ2v) is 7.01. The highest BCUT2D eigenvalue weighted by atomic mass is 79.9. The summed E-state index contributed by atoms with van der Waals surface area (Å²) in [4.78, 5) is 32.5. The molecule has 0 aliphatic rings. The molecule has 0 saturated carbocycles. The van der Waals surface area contributed by atoms with Crippen LogP contribution in [0.3, 0.4) is 0 Å². The molecule has 0 aliphatic carbocycles. The summed E-state index contributed by atoms with van der Waals surface area (Å²) in [5.74, 6) is -2.79. The van der Waals surface area contributed by atoms with Crippen LogP contribution < -0.4 is 5.32 Å². The molecule has 1 radical (unpaired) electrons. The monoisotopic (exact) mass is 454 g/mol. The molecule has 1 aromatic heterocycles. The summed E-state index contributed by atoms with van der Waals surface area (Å²) in [6.45, 7) is 0. The van der Waals surface area contributed by atoms with Crippen molar-refractivity contribution in [3.8, 4) is 0 Å². The van der Waals surface area contributed by atoms with Gasteiger partial charge in [-0.15, -0.1) is 0 Å². The lowest BCUT2D eigenvalue weighted by atomic mass is 9.97. The number of nitrogens with one attached hydrogen (secondary N) is 2. The quantitative estimate of drug-likeness (QED) is 0.340. The van der Waals surface area contributed by atoms with Crippen LogP contribution in [-0.2, 0) is 0 Å². The molecule has 0 fully saturated rings. The minimum atomic E-state index is -0.927. The number of hydrogen-bond donors (Lipinski definition) is 2. The number of halogens is 3. The summed E-state index contributed by atoms with van der Waals surface area (Å²) in [6, 6.07) is 12.9.